The third-order valence-electron chi connectivity index (χ3n) is 3.56. The zero-order valence-electron chi connectivity index (χ0n) is 12.5. The van der Waals surface area contributed by atoms with E-state index in [-0.39, 0.29) is 5.91 Å². The molecule has 0 spiro atoms. The summed E-state index contributed by atoms with van der Waals surface area (Å²) < 4.78 is 5.76. The van der Waals surface area contributed by atoms with Crippen molar-refractivity contribution in [1.82, 2.24) is 10.2 Å². The van der Waals surface area contributed by atoms with Crippen molar-refractivity contribution in [3.8, 4) is 5.75 Å². The van der Waals surface area contributed by atoms with Gasteiger partial charge in [-0.15, -0.1) is 0 Å². The molecule has 0 unspecified atom stereocenters. The average Bonchev–Trinajstić information content (AvgIpc) is 2.90. The van der Waals surface area contributed by atoms with Crippen molar-refractivity contribution in [2.45, 2.75) is 32.2 Å². The van der Waals surface area contributed by atoms with Crippen molar-refractivity contribution < 1.29 is 9.53 Å². The standard InChI is InChI=1S/C17H24N2O2/c1-2-9-18-14-15-6-3-7-16(13-15)21-12-5-11-19-10-4-8-17(19)20/h1,3,6-7,13,18H,2,4-5,8-12,14H2. The molecule has 114 valence electrons. The molecule has 2 rings (SSSR count). The van der Waals surface area contributed by atoms with Crippen LogP contribution in [0.3, 0.4) is 0 Å². The highest BCUT2D eigenvalue weighted by Gasteiger charge is 2.18. The van der Waals surface area contributed by atoms with Gasteiger partial charge < -0.3 is 15.0 Å². The van der Waals surface area contributed by atoms with E-state index in [1.165, 1.54) is 5.56 Å². The van der Waals surface area contributed by atoms with Gasteiger partial charge in [-0.2, -0.15) is 0 Å². The summed E-state index contributed by atoms with van der Waals surface area (Å²) in [7, 11) is 0. The molecule has 4 nitrogen and oxygen atoms in total. The predicted molar refractivity (Wildman–Crippen MR) is 83.0 cm³/mol. The Hall–Kier alpha value is -1.55. The molecule has 4 heteroatoms. The first kappa shape index (κ1) is 15.8. The number of likely N-dealkylation sites (tertiary alicyclic amines) is 1. The van der Waals surface area contributed by atoms with Gasteiger partial charge in [-0.1, -0.05) is 12.1 Å². The van der Waals surface area contributed by atoms with Gasteiger partial charge in [0.1, 0.15) is 5.75 Å². The summed E-state index contributed by atoms with van der Waals surface area (Å²) in [6.45, 7) is 9.42. The smallest absolute Gasteiger partial charge is 0.222 e. The van der Waals surface area contributed by atoms with E-state index in [4.69, 9.17) is 11.7 Å². The molecule has 2 radical (unpaired) electrons. The minimum Gasteiger partial charge on any atom is -0.494 e. The quantitative estimate of drug-likeness (QED) is 0.709. The van der Waals surface area contributed by atoms with Crippen LogP contribution in [-0.4, -0.2) is 37.0 Å². The summed E-state index contributed by atoms with van der Waals surface area (Å²) in [5.74, 6) is 1.16. The van der Waals surface area contributed by atoms with E-state index in [0.29, 0.717) is 19.4 Å². The van der Waals surface area contributed by atoms with Crippen LogP contribution in [0.1, 0.15) is 31.2 Å². The Morgan fingerprint density at radius 1 is 1.38 bits per heavy atom. The summed E-state index contributed by atoms with van der Waals surface area (Å²) in [6, 6.07) is 8.08. The summed E-state index contributed by atoms with van der Waals surface area (Å²) in [5.41, 5.74) is 1.19. The lowest BCUT2D eigenvalue weighted by Crippen LogP contribution is -2.26. The van der Waals surface area contributed by atoms with E-state index in [2.05, 4.69) is 11.4 Å². The SMILES string of the molecule is [CH]CCNCc1cccc(OCCCN2CCCC2=O)c1. The maximum atomic E-state index is 11.5. The minimum atomic E-state index is 0.281. The highest BCUT2D eigenvalue weighted by molar-refractivity contribution is 5.77. The molecule has 0 aromatic heterocycles. The van der Waals surface area contributed by atoms with Gasteiger partial charge >= 0.3 is 0 Å². The molecule has 0 saturated carbocycles. The summed E-state index contributed by atoms with van der Waals surface area (Å²) in [4.78, 5) is 13.4. The highest BCUT2D eigenvalue weighted by atomic mass is 16.5. The molecule has 1 aliphatic heterocycles. The Balaban J connectivity index is 1.67. The van der Waals surface area contributed by atoms with E-state index in [1.54, 1.807) is 0 Å². The molecule has 21 heavy (non-hydrogen) atoms. The lowest BCUT2D eigenvalue weighted by Gasteiger charge is -2.15. The van der Waals surface area contributed by atoms with Gasteiger partial charge in [-0.25, -0.2) is 0 Å². The van der Waals surface area contributed by atoms with Crippen molar-refractivity contribution in [2.75, 3.05) is 26.2 Å². The van der Waals surface area contributed by atoms with Gasteiger partial charge in [-0.3, -0.25) is 4.79 Å². The Labute approximate surface area is 127 Å². The maximum absolute atomic E-state index is 11.5. The monoisotopic (exact) mass is 288 g/mol. The fourth-order valence-corrected chi connectivity index (χ4v) is 2.47. The van der Waals surface area contributed by atoms with Crippen molar-refractivity contribution in [1.29, 1.82) is 0 Å². The van der Waals surface area contributed by atoms with Crippen LogP contribution >= 0.6 is 0 Å². The third-order valence-corrected chi connectivity index (χ3v) is 3.56. The van der Waals surface area contributed by atoms with Crippen LogP contribution in [0.2, 0.25) is 0 Å². The Morgan fingerprint density at radius 2 is 2.29 bits per heavy atom. The Kier molecular flexibility index (Phi) is 6.54. The van der Waals surface area contributed by atoms with E-state index in [1.807, 2.05) is 23.1 Å². The molecule has 0 atom stereocenters. The molecule has 1 heterocycles. The van der Waals surface area contributed by atoms with Crippen LogP contribution < -0.4 is 10.1 Å². The molecule has 0 bridgehead atoms. The summed E-state index contributed by atoms with van der Waals surface area (Å²) >= 11 is 0. The predicted octanol–water partition coefficient (Wildman–Crippen LogP) is 2.27. The zero-order chi connectivity index (χ0) is 14.9. The fraction of sp³-hybridized carbons (Fsp3) is 0.529. The first-order chi connectivity index (χ1) is 10.3. The van der Waals surface area contributed by atoms with E-state index < -0.39 is 0 Å². The van der Waals surface area contributed by atoms with Gasteiger partial charge in [-0.05, 0) is 50.4 Å². The first-order valence-electron chi connectivity index (χ1n) is 7.70. The number of nitrogens with zero attached hydrogens (tertiary/aromatic N) is 1. The minimum absolute atomic E-state index is 0.281. The van der Waals surface area contributed by atoms with Crippen LogP contribution in [0.15, 0.2) is 24.3 Å². The topological polar surface area (TPSA) is 41.6 Å². The van der Waals surface area contributed by atoms with Gasteiger partial charge in [0.2, 0.25) is 5.91 Å². The largest absolute Gasteiger partial charge is 0.494 e. The fourth-order valence-electron chi connectivity index (χ4n) is 2.47. The number of ether oxygens (including phenoxy) is 1. The molecule has 1 fully saturated rings. The zero-order valence-corrected chi connectivity index (χ0v) is 12.5. The van der Waals surface area contributed by atoms with Gasteiger partial charge in [0.05, 0.1) is 6.61 Å². The van der Waals surface area contributed by atoms with E-state index in [0.717, 1.165) is 44.8 Å². The molecular formula is C17H24N2O2. The Bertz CT molecular complexity index is 448. The number of benzene rings is 1. The number of hydrogen-bond donors (Lipinski definition) is 1. The molecule has 0 aliphatic carbocycles. The third kappa shape index (κ3) is 5.38. The average molecular weight is 288 g/mol. The van der Waals surface area contributed by atoms with Crippen LogP contribution in [0, 0.1) is 6.92 Å². The molecule has 1 N–H and O–H groups in total. The second kappa shape index (κ2) is 8.67. The van der Waals surface area contributed by atoms with Crippen molar-refractivity contribution in [3.05, 3.63) is 36.8 Å². The van der Waals surface area contributed by atoms with Crippen LogP contribution in [0.4, 0.5) is 0 Å². The van der Waals surface area contributed by atoms with E-state index in [9.17, 15) is 4.79 Å². The maximum Gasteiger partial charge on any atom is 0.222 e. The van der Waals surface area contributed by atoms with Crippen molar-refractivity contribution in [2.24, 2.45) is 0 Å². The second-order valence-electron chi connectivity index (χ2n) is 5.30. The molecule has 1 aliphatic rings. The number of amides is 1. The highest BCUT2D eigenvalue weighted by Crippen LogP contribution is 2.14. The van der Waals surface area contributed by atoms with Crippen LogP contribution in [0.25, 0.3) is 0 Å². The van der Waals surface area contributed by atoms with Gasteiger partial charge in [0.25, 0.3) is 0 Å². The normalized spacial score (nSPS) is 14.7. The molecule has 1 amide bonds. The molecule has 1 aromatic carbocycles. The number of carbonyl (C=O) groups excluding carboxylic acids is 1. The molecule has 1 aromatic rings. The number of carbonyl (C=O) groups is 1. The molecule has 1 saturated heterocycles. The first-order valence-corrected chi connectivity index (χ1v) is 7.70. The Morgan fingerprint density at radius 3 is 3.05 bits per heavy atom. The van der Waals surface area contributed by atoms with Crippen molar-refractivity contribution >= 4 is 5.91 Å². The van der Waals surface area contributed by atoms with Crippen LogP contribution in [0.5, 0.6) is 5.75 Å². The second-order valence-corrected chi connectivity index (χ2v) is 5.30. The lowest BCUT2D eigenvalue weighted by molar-refractivity contribution is -0.127. The lowest BCUT2D eigenvalue weighted by atomic mass is 10.2. The van der Waals surface area contributed by atoms with Gasteiger partial charge in [0, 0.05) is 26.1 Å². The number of nitrogens with one attached hydrogen (secondary N) is 1. The van der Waals surface area contributed by atoms with Gasteiger partial charge in [0.15, 0.2) is 0 Å². The number of hydrogen-bond acceptors (Lipinski definition) is 3. The van der Waals surface area contributed by atoms with E-state index >= 15 is 0 Å². The summed E-state index contributed by atoms with van der Waals surface area (Å²) in [6.07, 6.45) is 3.23. The van der Waals surface area contributed by atoms with Crippen LogP contribution in [-0.2, 0) is 11.3 Å². The summed E-state index contributed by atoms with van der Waals surface area (Å²) in [5, 5.41) is 3.26. The number of rotatable bonds is 9. The molecular weight excluding hydrogens is 264 g/mol. The van der Waals surface area contributed by atoms with Crippen molar-refractivity contribution in [3.63, 3.8) is 0 Å².